The van der Waals surface area contributed by atoms with Crippen LogP contribution in [-0.4, -0.2) is 59.2 Å². The van der Waals surface area contributed by atoms with E-state index >= 15 is 0 Å². The highest BCUT2D eigenvalue weighted by Gasteiger charge is 2.38. The lowest BCUT2D eigenvalue weighted by Crippen LogP contribution is -2.57. The topological polar surface area (TPSA) is 70.1 Å². The Morgan fingerprint density at radius 2 is 2.23 bits per heavy atom. The van der Waals surface area contributed by atoms with Crippen LogP contribution in [0.5, 0.6) is 5.75 Å². The fourth-order valence-corrected chi connectivity index (χ4v) is 3.30. The molecule has 2 aliphatic heterocycles. The van der Waals surface area contributed by atoms with E-state index in [-0.39, 0.29) is 52.1 Å². The van der Waals surface area contributed by atoms with E-state index in [1.54, 1.807) is 22.6 Å². The van der Waals surface area contributed by atoms with E-state index in [9.17, 15) is 14.0 Å². The molecule has 1 saturated heterocycles. The molecule has 1 aromatic rings. The molecule has 0 aromatic heterocycles. The summed E-state index contributed by atoms with van der Waals surface area (Å²) in [7, 11) is 0. The minimum absolute atomic E-state index is 0.0684. The SMILES string of the molecule is O=C(O)N1CCN2C(=O)c3cc(F)c(I)c(Cl)c3OC[C@@H]2C1. The number of ether oxygens (including phenoxy) is 1. The summed E-state index contributed by atoms with van der Waals surface area (Å²) in [5, 5.41) is 9.13. The average Bonchev–Trinajstić information content (AvgIpc) is 2.63. The molecule has 1 N–H and O–H groups in total. The van der Waals surface area contributed by atoms with Gasteiger partial charge in [-0.15, -0.1) is 0 Å². The van der Waals surface area contributed by atoms with Gasteiger partial charge in [-0.2, -0.15) is 0 Å². The van der Waals surface area contributed by atoms with Gasteiger partial charge in [0.15, 0.2) is 5.75 Å². The third kappa shape index (κ3) is 2.47. The standard InChI is InChI=1S/C13H11ClFIN2O4/c14-9-10(16)8(15)3-7-11(9)22-5-6-4-17(13(20)21)1-2-18(6)12(7)19/h3,6H,1-2,4-5H2,(H,20,21)/t6-/m0/s1. The van der Waals surface area contributed by atoms with Crippen LogP contribution in [0.3, 0.4) is 0 Å². The zero-order valence-electron chi connectivity index (χ0n) is 11.2. The van der Waals surface area contributed by atoms with Gasteiger partial charge in [0.05, 0.1) is 20.2 Å². The molecule has 0 saturated carbocycles. The van der Waals surface area contributed by atoms with Crippen molar-refractivity contribution in [3.05, 3.63) is 26.0 Å². The Morgan fingerprint density at radius 3 is 2.91 bits per heavy atom. The van der Waals surface area contributed by atoms with Gasteiger partial charge < -0.3 is 19.6 Å². The highest BCUT2D eigenvalue weighted by molar-refractivity contribution is 14.1. The maximum atomic E-state index is 13.9. The molecule has 2 aliphatic rings. The lowest BCUT2D eigenvalue weighted by molar-refractivity contribution is 0.0390. The molecule has 1 fully saturated rings. The number of hydrogen-bond acceptors (Lipinski definition) is 3. The average molecular weight is 441 g/mol. The second kappa shape index (κ2) is 5.73. The zero-order chi connectivity index (χ0) is 16.0. The highest BCUT2D eigenvalue weighted by Crippen LogP contribution is 2.38. The van der Waals surface area contributed by atoms with Crippen molar-refractivity contribution in [3.8, 4) is 5.75 Å². The van der Waals surface area contributed by atoms with Crippen molar-refractivity contribution in [1.29, 1.82) is 0 Å². The Morgan fingerprint density at radius 1 is 1.50 bits per heavy atom. The molecule has 2 amide bonds. The first kappa shape index (κ1) is 15.6. The van der Waals surface area contributed by atoms with Crippen LogP contribution in [-0.2, 0) is 0 Å². The number of hydrogen-bond donors (Lipinski definition) is 1. The van der Waals surface area contributed by atoms with Crippen molar-refractivity contribution in [1.82, 2.24) is 9.80 Å². The number of rotatable bonds is 0. The predicted molar refractivity (Wildman–Crippen MR) is 84.0 cm³/mol. The van der Waals surface area contributed by atoms with Crippen LogP contribution in [0.2, 0.25) is 5.02 Å². The summed E-state index contributed by atoms with van der Waals surface area (Å²) < 4.78 is 19.7. The van der Waals surface area contributed by atoms with Gasteiger partial charge in [0.25, 0.3) is 5.91 Å². The van der Waals surface area contributed by atoms with Crippen LogP contribution >= 0.6 is 34.2 Å². The number of benzene rings is 1. The van der Waals surface area contributed by atoms with Crippen LogP contribution in [0.1, 0.15) is 10.4 Å². The quantitative estimate of drug-likeness (QED) is 0.496. The molecule has 0 unspecified atom stereocenters. The van der Waals surface area contributed by atoms with E-state index in [0.29, 0.717) is 0 Å². The summed E-state index contributed by atoms with van der Waals surface area (Å²) in [6.07, 6.45) is -1.03. The van der Waals surface area contributed by atoms with Gasteiger partial charge >= 0.3 is 6.09 Å². The Kier molecular flexibility index (Phi) is 4.06. The fraction of sp³-hybridized carbons (Fsp3) is 0.385. The van der Waals surface area contributed by atoms with E-state index in [0.717, 1.165) is 6.07 Å². The van der Waals surface area contributed by atoms with Crippen LogP contribution in [0.4, 0.5) is 9.18 Å². The van der Waals surface area contributed by atoms with Gasteiger partial charge in [-0.1, -0.05) is 11.6 Å². The summed E-state index contributed by atoms with van der Waals surface area (Å²) in [6.45, 7) is 0.730. The Labute approximate surface area is 143 Å². The van der Waals surface area contributed by atoms with Gasteiger partial charge in [0, 0.05) is 19.6 Å². The first-order valence-corrected chi connectivity index (χ1v) is 7.95. The summed E-state index contributed by atoms with van der Waals surface area (Å²) in [4.78, 5) is 26.4. The number of carbonyl (C=O) groups is 2. The second-order valence-corrected chi connectivity index (χ2v) is 6.51. The number of nitrogens with zero attached hydrogens (tertiary/aromatic N) is 2. The lowest BCUT2D eigenvalue weighted by atomic mass is 10.1. The van der Waals surface area contributed by atoms with Gasteiger partial charge in [-0.3, -0.25) is 4.79 Å². The maximum Gasteiger partial charge on any atom is 0.407 e. The molecular weight excluding hydrogens is 430 g/mol. The molecule has 0 spiro atoms. The van der Waals surface area contributed by atoms with Crippen LogP contribution in [0, 0.1) is 9.39 Å². The van der Waals surface area contributed by atoms with Crippen LogP contribution < -0.4 is 4.74 Å². The number of carboxylic acid groups (broad SMARTS) is 1. The second-order valence-electron chi connectivity index (χ2n) is 5.06. The predicted octanol–water partition coefficient (Wildman–Crippen LogP) is 2.28. The van der Waals surface area contributed by atoms with E-state index < -0.39 is 18.0 Å². The van der Waals surface area contributed by atoms with Gasteiger partial charge in [-0.25, -0.2) is 9.18 Å². The maximum absolute atomic E-state index is 13.9. The van der Waals surface area contributed by atoms with Crippen molar-refractivity contribution in [3.63, 3.8) is 0 Å². The molecular formula is C13H11ClFIN2O4. The van der Waals surface area contributed by atoms with Gasteiger partial charge in [-0.05, 0) is 28.7 Å². The largest absolute Gasteiger partial charge is 0.489 e. The molecule has 9 heteroatoms. The number of halogens is 3. The smallest absolute Gasteiger partial charge is 0.407 e. The Balaban J connectivity index is 1.98. The molecule has 118 valence electrons. The molecule has 1 aromatic carbocycles. The minimum atomic E-state index is -1.03. The molecule has 0 radical (unpaired) electrons. The lowest BCUT2D eigenvalue weighted by Gasteiger charge is -2.38. The molecule has 2 heterocycles. The molecule has 3 rings (SSSR count). The van der Waals surface area contributed by atoms with E-state index in [2.05, 4.69) is 0 Å². The Bertz CT molecular complexity index is 672. The normalized spacial score (nSPS) is 20.9. The first-order valence-electron chi connectivity index (χ1n) is 6.49. The number of fused-ring (bicyclic) bond motifs is 2. The summed E-state index contributed by atoms with van der Waals surface area (Å²) in [6, 6.07) is 0.707. The molecule has 0 aliphatic carbocycles. The van der Waals surface area contributed by atoms with E-state index in [1.165, 1.54) is 9.80 Å². The van der Waals surface area contributed by atoms with Crippen molar-refractivity contribution in [2.24, 2.45) is 0 Å². The van der Waals surface area contributed by atoms with Crippen molar-refractivity contribution in [2.45, 2.75) is 6.04 Å². The third-order valence-corrected chi connectivity index (χ3v) is 5.52. The first-order chi connectivity index (χ1) is 10.4. The number of amides is 2. The minimum Gasteiger partial charge on any atom is -0.489 e. The summed E-state index contributed by atoms with van der Waals surface area (Å²) >= 11 is 7.83. The van der Waals surface area contributed by atoms with Crippen LogP contribution in [0.25, 0.3) is 0 Å². The van der Waals surface area contributed by atoms with Crippen molar-refractivity contribution in [2.75, 3.05) is 26.2 Å². The summed E-state index contributed by atoms with van der Waals surface area (Å²) in [5.74, 6) is -0.808. The fourth-order valence-electron chi connectivity index (χ4n) is 2.65. The van der Waals surface area contributed by atoms with E-state index in [1.807, 2.05) is 0 Å². The summed E-state index contributed by atoms with van der Waals surface area (Å²) in [5.41, 5.74) is 0.0780. The van der Waals surface area contributed by atoms with E-state index in [4.69, 9.17) is 21.4 Å². The number of piperazine rings is 1. The molecule has 0 bridgehead atoms. The number of carbonyl (C=O) groups excluding carboxylic acids is 1. The van der Waals surface area contributed by atoms with Crippen molar-refractivity contribution >= 4 is 46.2 Å². The third-order valence-electron chi connectivity index (χ3n) is 3.78. The molecule has 1 atom stereocenters. The zero-order valence-corrected chi connectivity index (χ0v) is 14.1. The van der Waals surface area contributed by atoms with Gasteiger partial charge in [0.1, 0.15) is 12.4 Å². The monoisotopic (exact) mass is 440 g/mol. The molecule has 22 heavy (non-hydrogen) atoms. The Hall–Kier alpha value is -1.29. The molecule has 6 nitrogen and oxygen atoms in total. The van der Waals surface area contributed by atoms with Crippen molar-refractivity contribution < 1.29 is 23.8 Å². The van der Waals surface area contributed by atoms with Crippen LogP contribution in [0.15, 0.2) is 6.07 Å². The van der Waals surface area contributed by atoms with Gasteiger partial charge in [0.2, 0.25) is 0 Å². The highest BCUT2D eigenvalue weighted by atomic mass is 127.